The lowest BCUT2D eigenvalue weighted by atomic mass is 10.1. The molecule has 1 heterocycles. The molecule has 0 spiro atoms. The number of nitrogens with zero attached hydrogens (tertiary/aromatic N) is 1. The van der Waals surface area contributed by atoms with E-state index in [-0.39, 0.29) is 4.90 Å². The number of halogens is 2. The highest BCUT2D eigenvalue weighted by molar-refractivity contribution is 7.99. The summed E-state index contributed by atoms with van der Waals surface area (Å²) in [6.07, 6.45) is 0.459. The van der Waals surface area contributed by atoms with Gasteiger partial charge in [0.25, 0.3) is 0 Å². The van der Waals surface area contributed by atoms with Gasteiger partial charge in [-0.3, -0.25) is 0 Å². The van der Waals surface area contributed by atoms with Crippen molar-refractivity contribution in [3.63, 3.8) is 0 Å². The van der Waals surface area contributed by atoms with Crippen LogP contribution in [0.1, 0.15) is 16.8 Å². The maximum Gasteiger partial charge on any atom is 0.140 e. The summed E-state index contributed by atoms with van der Waals surface area (Å²) < 4.78 is 28.0. The summed E-state index contributed by atoms with van der Waals surface area (Å²) >= 11 is 1.00. The van der Waals surface area contributed by atoms with E-state index < -0.39 is 11.6 Å². The Hall–Kier alpha value is -1.46. The monoisotopic (exact) mass is 294 g/mol. The van der Waals surface area contributed by atoms with E-state index in [2.05, 4.69) is 4.98 Å². The topological polar surface area (TPSA) is 38.9 Å². The Bertz CT molecular complexity index is 586. The Morgan fingerprint density at radius 3 is 2.30 bits per heavy atom. The summed E-state index contributed by atoms with van der Waals surface area (Å²) in [7, 11) is 0. The van der Waals surface area contributed by atoms with Gasteiger partial charge >= 0.3 is 0 Å². The predicted molar refractivity (Wildman–Crippen MR) is 77.0 cm³/mol. The largest absolute Gasteiger partial charge is 0.330 e. The van der Waals surface area contributed by atoms with Crippen molar-refractivity contribution < 1.29 is 8.78 Å². The van der Waals surface area contributed by atoms with Crippen LogP contribution in [-0.2, 0) is 6.42 Å². The smallest absolute Gasteiger partial charge is 0.140 e. The summed E-state index contributed by atoms with van der Waals surface area (Å²) in [5, 5.41) is 0.590. The average Bonchev–Trinajstić information content (AvgIpc) is 2.33. The molecule has 0 bridgehead atoms. The molecule has 2 N–H and O–H groups in total. The Morgan fingerprint density at radius 2 is 1.75 bits per heavy atom. The van der Waals surface area contributed by atoms with Crippen LogP contribution in [0.15, 0.2) is 34.2 Å². The number of pyridine rings is 1. The second kappa shape index (κ2) is 6.33. The summed E-state index contributed by atoms with van der Waals surface area (Å²) in [6, 6.07) is 6.40. The Morgan fingerprint density at radius 1 is 1.10 bits per heavy atom. The molecule has 0 saturated carbocycles. The van der Waals surface area contributed by atoms with Gasteiger partial charge in [-0.05, 0) is 62.2 Å². The predicted octanol–water partition coefficient (Wildman–Crippen LogP) is 3.63. The Balaban J connectivity index is 2.33. The van der Waals surface area contributed by atoms with Gasteiger partial charge in [-0.1, -0.05) is 11.8 Å². The maximum atomic E-state index is 14.0. The van der Waals surface area contributed by atoms with Gasteiger partial charge in [-0.25, -0.2) is 13.8 Å². The third-order valence-electron chi connectivity index (χ3n) is 2.77. The van der Waals surface area contributed by atoms with Crippen molar-refractivity contribution in [2.24, 2.45) is 5.73 Å². The van der Waals surface area contributed by atoms with E-state index in [1.807, 2.05) is 26.0 Å². The van der Waals surface area contributed by atoms with Gasteiger partial charge in [0.15, 0.2) is 0 Å². The summed E-state index contributed by atoms with van der Waals surface area (Å²) in [5.41, 5.74) is 7.81. The van der Waals surface area contributed by atoms with Gasteiger partial charge in [-0.15, -0.1) is 0 Å². The van der Waals surface area contributed by atoms with Crippen molar-refractivity contribution in [3.05, 3.63) is 52.7 Å². The van der Waals surface area contributed by atoms with Crippen LogP contribution < -0.4 is 5.73 Å². The summed E-state index contributed by atoms with van der Waals surface area (Å²) in [5.74, 6) is -1.14. The molecule has 106 valence electrons. The van der Waals surface area contributed by atoms with Crippen LogP contribution in [0.2, 0.25) is 0 Å². The lowest BCUT2D eigenvalue weighted by Gasteiger charge is -2.08. The summed E-state index contributed by atoms with van der Waals surface area (Å²) in [6.45, 7) is 4.15. The van der Waals surface area contributed by atoms with Crippen LogP contribution in [0, 0.1) is 25.5 Å². The van der Waals surface area contributed by atoms with Crippen molar-refractivity contribution in [3.8, 4) is 0 Å². The third-order valence-corrected chi connectivity index (χ3v) is 3.78. The molecule has 0 saturated heterocycles. The molecule has 5 heteroatoms. The molecule has 0 radical (unpaired) electrons. The van der Waals surface area contributed by atoms with Gasteiger partial charge in [0.2, 0.25) is 0 Å². The SMILES string of the molecule is Cc1cc(C)nc(Sc2c(F)cc(CCN)cc2F)c1. The van der Waals surface area contributed by atoms with Gasteiger partial charge in [0.05, 0.1) is 4.90 Å². The van der Waals surface area contributed by atoms with E-state index in [1.165, 1.54) is 12.1 Å². The van der Waals surface area contributed by atoms with Crippen LogP contribution in [0.5, 0.6) is 0 Å². The van der Waals surface area contributed by atoms with E-state index in [0.29, 0.717) is 23.6 Å². The molecule has 0 atom stereocenters. The molecule has 0 fully saturated rings. The standard InChI is InChI=1S/C15H16F2N2S/c1-9-5-10(2)19-14(6-9)20-15-12(16)7-11(3-4-18)8-13(15)17/h5-8H,3-4,18H2,1-2H3. The van der Waals surface area contributed by atoms with E-state index in [9.17, 15) is 8.78 Å². The van der Waals surface area contributed by atoms with E-state index >= 15 is 0 Å². The minimum Gasteiger partial charge on any atom is -0.330 e. The molecular weight excluding hydrogens is 278 g/mol. The highest BCUT2D eigenvalue weighted by Crippen LogP contribution is 2.32. The van der Waals surface area contributed by atoms with Gasteiger partial charge in [0.1, 0.15) is 16.7 Å². The van der Waals surface area contributed by atoms with Crippen molar-refractivity contribution in [1.29, 1.82) is 0 Å². The lowest BCUT2D eigenvalue weighted by molar-refractivity contribution is 0.537. The fraction of sp³-hybridized carbons (Fsp3) is 0.267. The number of hydrogen-bond donors (Lipinski definition) is 1. The minimum absolute atomic E-state index is 0.0247. The second-order valence-corrected chi connectivity index (χ2v) is 5.68. The van der Waals surface area contributed by atoms with Gasteiger partial charge < -0.3 is 5.73 Å². The van der Waals surface area contributed by atoms with Crippen LogP contribution in [-0.4, -0.2) is 11.5 Å². The van der Waals surface area contributed by atoms with Crippen molar-refractivity contribution >= 4 is 11.8 Å². The fourth-order valence-electron chi connectivity index (χ4n) is 1.98. The van der Waals surface area contributed by atoms with Gasteiger partial charge in [-0.2, -0.15) is 0 Å². The first kappa shape index (κ1) is 14.9. The molecule has 2 nitrogen and oxygen atoms in total. The number of nitrogens with two attached hydrogens (primary N) is 1. The van der Waals surface area contributed by atoms with Crippen molar-refractivity contribution in [2.75, 3.05) is 6.54 Å². The van der Waals surface area contributed by atoms with E-state index in [1.54, 1.807) is 0 Å². The third kappa shape index (κ3) is 3.55. The number of aromatic nitrogens is 1. The molecule has 1 aromatic heterocycles. The van der Waals surface area contributed by atoms with Crippen LogP contribution in [0.25, 0.3) is 0 Å². The first-order chi connectivity index (χ1) is 9.49. The zero-order valence-corrected chi connectivity index (χ0v) is 12.2. The molecule has 0 aliphatic heterocycles. The molecule has 0 unspecified atom stereocenters. The number of benzene rings is 1. The molecule has 0 aliphatic rings. The number of hydrogen-bond acceptors (Lipinski definition) is 3. The lowest BCUT2D eigenvalue weighted by Crippen LogP contribution is -2.04. The number of aryl methyl sites for hydroxylation is 2. The quantitative estimate of drug-likeness (QED) is 0.936. The van der Waals surface area contributed by atoms with Crippen molar-refractivity contribution in [1.82, 2.24) is 4.98 Å². The van der Waals surface area contributed by atoms with E-state index in [4.69, 9.17) is 5.73 Å². The average molecular weight is 294 g/mol. The zero-order chi connectivity index (χ0) is 14.7. The maximum absolute atomic E-state index is 14.0. The normalized spacial score (nSPS) is 10.8. The molecule has 0 amide bonds. The Labute approximate surface area is 121 Å². The molecule has 2 rings (SSSR count). The van der Waals surface area contributed by atoms with Crippen LogP contribution in [0.3, 0.4) is 0 Å². The molecule has 20 heavy (non-hydrogen) atoms. The molecular formula is C15H16F2N2S. The van der Waals surface area contributed by atoms with E-state index in [0.717, 1.165) is 23.0 Å². The minimum atomic E-state index is -0.570. The Kier molecular flexibility index (Phi) is 4.73. The van der Waals surface area contributed by atoms with Gasteiger partial charge in [0, 0.05) is 5.69 Å². The molecule has 0 aliphatic carbocycles. The van der Waals surface area contributed by atoms with Crippen LogP contribution >= 0.6 is 11.8 Å². The zero-order valence-electron chi connectivity index (χ0n) is 11.4. The second-order valence-electron chi connectivity index (χ2n) is 4.65. The number of rotatable bonds is 4. The highest BCUT2D eigenvalue weighted by Gasteiger charge is 2.13. The molecule has 2 aromatic rings. The van der Waals surface area contributed by atoms with Crippen molar-refractivity contribution in [2.45, 2.75) is 30.2 Å². The summed E-state index contributed by atoms with van der Waals surface area (Å²) in [4.78, 5) is 4.26. The first-order valence-electron chi connectivity index (χ1n) is 6.30. The first-order valence-corrected chi connectivity index (χ1v) is 7.12. The molecule has 1 aromatic carbocycles. The highest BCUT2D eigenvalue weighted by atomic mass is 32.2. The fourth-order valence-corrected chi connectivity index (χ4v) is 2.94. The van der Waals surface area contributed by atoms with Crippen LogP contribution in [0.4, 0.5) is 8.78 Å².